The van der Waals surface area contributed by atoms with Gasteiger partial charge in [0.1, 0.15) is 17.7 Å². The Balaban J connectivity index is 1.22. The fraction of sp³-hybridized carbons (Fsp3) is 0.206. The highest BCUT2D eigenvalue weighted by atomic mass is 16.5. The van der Waals surface area contributed by atoms with Crippen LogP contribution in [-0.4, -0.2) is 35.3 Å². The molecule has 3 aromatic carbocycles. The number of aromatic amines is 1. The van der Waals surface area contributed by atoms with Gasteiger partial charge in [-0.25, -0.2) is 0 Å². The summed E-state index contributed by atoms with van der Waals surface area (Å²) < 4.78 is 6.01. The minimum Gasteiger partial charge on any atom is -0.488 e. The molecule has 2 aliphatic rings. The molecule has 1 aromatic heterocycles. The molecule has 2 amide bonds. The Bertz CT molecular complexity index is 1730. The molecule has 2 aliphatic heterocycles. The summed E-state index contributed by atoms with van der Waals surface area (Å²) >= 11 is 0. The van der Waals surface area contributed by atoms with Crippen molar-refractivity contribution >= 4 is 35.0 Å². The van der Waals surface area contributed by atoms with Gasteiger partial charge in [0.05, 0.1) is 18.2 Å². The van der Waals surface area contributed by atoms with Gasteiger partial charge < -0.3 is 26.1 Å². The van der Waals surface area contributed by atoms with Crippen LogP contribution in [-0.2, 0) is 11.2 Å². The Morgan fingerprint density at radius 1 is 1.12 bits per heavy atom. The van der Waals surface area contributed by atoms with Crippen LogP contribution in [0.4, 0.5) is 5.69 Å². The van der Waals surface area contributed by atoms with Gasteiger partial charge in [-0.3, -0.25) is 14.6 Å². The molecule has 0 saturated carbocycles. The number of nitrogens with two attached hydrogens (primary N) is 1. The fourth-order valence-electron chi connectivity index (χ4n) is 5.66. The van der Waals surface area contributed by atoms with Crippen LogP contribution in [0.25, 0.3) is 11.6 Å². The number of hydrogen-bond acceptors (Lipinski definition) is 4. The first-order valence-electron chi connectivity index (χ1n) is 14.1. The minimum absolute atomic E-state index is 0.0529. The number of aryl methyl sites for hydroxylation is 1. The average Bonchev–Trinajstić information content (AvgIpc) is 3.64. The number of benzene rings is 3. The predicted molar refractivity (Wildman–Crippen MR) is 166 cm³/mol. The number of para-hydroxylation sites is 1. The Kier molecular flexibility index (Phi) is 7.12. The van der Waals surface area contributed by atoms with E-state index >= 15 is 0 Å². The van der Waals surface area contributed by atoms with E-state index in [4.69, 9.17) is 10.5 Å². The maximum atomic E-state index is 13.1. The molecule has 0 saturated heterocycles. The Hall–Kier alpha value is -5.11. The van der Waals surface area contributed by atoms with E-state index in [0.717, 1.165) is 40.2 Å². The second-order valence-electron chi connectivity index (χ2n) is 10.8. The average molecular weight is 560 g/mol. The maximum Gasteiger partial charge on any atom is 0.256 e. The first-order valence-corrected chi connectivity index (χ1v) is 14.1. The largest absolute Gasteiger partial charge is 0.488 e. The molecule has 4 aromatic rings. The van der Waals surface area contributed by atoms with Crippen molar-refractivity contribution in [2.75, 3.05) is 11.9 Å². The summed E-state index contributed by atoms with van der Waals surface area (Å²) in [4.78, 5) is 34.1. The predicted octanol–water partition coefficient (Wildman–Crippen LogP) is 5.32. The van der Waals surface area contributed by atoms with Crippen LogP contribution >= 0.6 is 0 Å². The van der Waals surface area contributed by atoms with Crippen LogP contribution in [0.15, 0.2) is 77.8 Å². The Morgan fingerprint density at radius 3 is 2.67 bits per heavy atom. The van der Waals surface area contributed by atoms with Crippen molar-refractivity contribution in [3.8, 4) is 5.75 Å². The van der Waals surface area contributed by atoms with Gasteiger partial charge in [0.25, 0.3) is 11.8 Å². The standard InChI is InChI=1S/C34H33N5O3/c1-19-29(37-21(3)31(19)32(35)36-18-25-15-23-11-7-8-12-30(23)42-25)17-27-26-16-24(13-14-28(26)39-34(27)41)33(40)38-20(2)22-9-5-4-6-10-22/h4-14,16-17,20,25,37H,15,18H2,1-3H3,(H2,35,36)(H,38,40)(H,39,41)/b27-17-/t20-,25?/m1/s1. The third kappa shape index (κ3) is 5.19. The molecule has 212 valence electrons. The number of amidine groups is 1. The molecule has 6 rings (SSSR count). The molecule has 2 atom stereocenters. The number of H-pyrrole nitrogens is 1. The monoisotopic (exact) mass is 559 g/mol. The number of hydrogen-bond donors (Lipinski definition) is 4. The topological polar surface area (TPSA) is 122 Å². The number of carbonyl (C=O) groups is 2. The quantitative estimate of drug-likeness (QED) is 0.139. The number of amides is 2. The zero-order valence-corrected chi connectivity index (χ0v) is 23.8. The summed E-state index contributed by atoms with van der Waals surface area (Å²) in [6, 6.07) is 22.9. The number of carbonyl (C=O) groups excluding carboxylic acids is 2. The van der Waals surface area contributed by atoms with E-state index in [1.807, 2.05) is 75.4 Å². The van der Waals surface area contributed by atoms with Gasteiger partial charge in [-0.15, -0.1) is 0 Å². The molecule has 8 nitrogen and oxygen atoms in total. The number of nitrogens with zero attached hydrogens (tertiary/aromatic N) is 1. The zero-order valence-electron chi connectivity index (χ0n) is 23.8. The first-order chi connectivity index (χ1) is 20.3. The highest BCUT2D eigenvalue weighted by Crippen LogP contribution is 2.35. The van der Waals surface area contributed by atoms with Crippen LogP contribution < -0.4 is 21.1 Å². The van der Waals surface area contributed by atoms with E-state index in [0.29, 0.717) is 34.8 Å². The summed E-state index contributed by atoms with van der Waals surface area (Å²) in [6.07, 6.45) is 2.56. The van der Waals surface area contributed by atoms with Crippen LogP contribution in [0.5, 0.6) is 5.75 Å². The molecule has 5 N–H and O–H groups in total. The van der Waals surface area contributed by atoms with Crippen LogP contribution in [0.3, 0.4) is 0 Å². The van der Waals surface area contributed by atoms with E-state index in [1.54, 1.807) is 18.2 Å². The summed E-state index contributed by atoms with van der Waals surface area (Å²) in [5, 5.41) is 5.95. The number of rotatable bonds is 7. The van der Waals surface area contributed by atoms with Crippen molar-refractivity contribution in [1.82, 2.24) is 10.3 Å². The third-order valence-corrected chi connectivity index (χ3v) is 7.91. The highest BCUT2D eigenvalue weighted by molar-refractivity contribution is 6.35. The SMILES string of the molecule is Cc1[nH]c(/C=C2\C(=O)Nc3ccc(C(=O)N[C@H](C)c4ccccc4)cc32)c(C)c1C(N)=NCC1Cc2ccccc2O1. The smallest absolute Gasteiger partial charge is 0.256 e. The van der Waals surface area contributed by atoms with E-state index in [9.17, 15) is 9.59 Å². The van der Waals surface area contributed by atoms with Gasteiger partial charge in [-0.05, 0) is 67.8 Å². The number of aromatic nitrogens is 1. The van der Waals surface area contributed by atoms with Crippen LogP contribution in [0.1, 0.15) is 62.5 Å². The Morgan fingerprint density at radius 2 is 1.88 bits per heavy atom. The van der Waals surface area contributed by atoms with Gasteiger partial charge in [-0.2, -0.15) is 0 Å². The maximum absolute atomic E-state index is 13.1. The van der Waals surface area contributed by atoms with Crippen molar-refractivity contribution in [2.24, 2.45) is 10.7 Å². The zero-order chi connectivity index (χ0) is 29.4. The van der Waals surface area contributed by atoms with E-state index in [2.05, 4.69) is 26.7 Å². The molecule has 0 bridgehead atoms. The van der Waals surface area contributed by atoms with Crippen molar-refractivity contribution in [3.05, 3.63) is 118 Å². The second kappa shape index (κ2) is 11.0. The fourth-order valence-corrected chi connectivity index (χ4v) is 5.66. The molecule has 1 unspecified atom stereocenters. The van der Waals surface area contributed by atoms with Gasteiger partial charge >= 0.3 is 0 Å². The molecule has 0 radical (unpaired) electrons. The van der Waals surface area contributed by atoms with Gasteiger partial charge in [0.15, 0.2) is 0 Å². The molecular formula is C34H33N5O3. The summed E-state index contributed by atoms with van der Waals surface area (Å²) in [6.45, 7) is 6.29. The number of aliphatic imine (C=N–C) groups is 1. The molecular weight excluding hydrogens is 526 g/mol. The van der Waals surface area contributed by atoms with Crippen LogP contribution in [0.2, 0.25) is 0 Å². The lowest BCUT2D eigenvalue weighted by atomic mass is 10.0. The number of nitrogens with one attached hydrogen (secondary N) is 3. The lowest BCUT2D eigenvalue weighted by Gasteiger charge is -2.14. The van der Waals surface area contributed by atoms with Crippen molar-refractivity contribution in [3.63, 3.8) is 0 Å². The first kappa shape index (κ1) is 27.1. The van der Waals surface area contributed by atoms with Gasteiger partial charge in [0.2, 0.25) is 0 Å². The third-order valence-electron chi connectivity index (χ3n) is 7.91. The lowest BCUT2D eigenvalue weighted by Crippen LogP contribution is -2.26. The summed E-state index contributed by atoms with van der Waals surface area (Å²) in [5.74, 6) is 0.891. The Labute approximate surface area is 244 Å². The van der Waals surface area contributed by atoms with Gasteiger partial charge in [-0.1, -0.05) is 48.5 Å². The normalized spacial score (nSPS) is 17.4. The molecule has 8 heteroatoms. The van der Waals surface area contributed by atoms with E-state index < -0.39 is 0 Å². The van der Waals surface area contributed by atoms with Gasteiger partial charge in [0, 0.05) is 40.2 Å². The summed E-state index contributed by atoms with van der Waals surface area (Å²) in [5.41, 5.74) is 14.3. The molecule has 42 heavy (non-hydrogen) atoms. The molecule has 0 aliphatic carbocycles. The van der Waals surface area contributed by atoms with Crippen molar-refractivity contribution in [1.29, 1.82) is 0 Å². The molecule has 3 heterocycles. The summed E-state index contributed by atoms with van der Waals surface area (Å²) in [7, 11) is 0. The molecule has 0 spiro atoms. The molecule has 0 fully saturated rings. The highest BCUT2D eigenvalue weighted by Gasteiger charge is 2.27. The van der Waals surface area contributed by atoms with E-state index in [-0.39, 0.29) is 24.0 Å². The number of anilines is 1. The lowest BCUT2D eigenvalue weighted by molar-refractivity contribution is -0.110. The number of fused-ring (bicyclic) bond motifs is 2. The second-order valence-corrected chi connectivity index (χ2v) is 10.8. The minimum atomic E-state index is -0.229. The number of ether oxygens (including phenoxy) is 1. The van der Waals surface area contributed by atoms with E-state index in [1.165, 1.54) is 5.56 Å². The van der Waals surface area contributed by atoms with Crippen molar-refractivity contribution < 1.29 is 14.3 Å². The van der Waals surface area contributed by atoms with Crippen molar-refractivity contribution in [2.45, 2.75) is 39.3 Å². The van der Waals surface area contributed by atoms with Crippen LogP contribution in [0, 0.1) is 13.8 Å².